The van der Waals surface area contributed by atoms with E-state index in [9.17, 15) is 12.8 Å². The van der Waals surface area contributed by atoms with Crippen molar-refractivity contribution in [2.45, 2.75) is 4.90 Å². The number of halogens is 2. The van der Waals surface area contributed by atoms with Crippen molar-refractivity contribution in [1.82, 2.24) is 14.9 Å². The third-order valence-electron chi connectivity index (χ3n) is 3.13. The van der Waals surface area contributed by atoms with Crippen LogP contribution in [0.25, 0.3) is 0 Å². The van der Waals surface area contributed by atoms with Crippen LogP contribution >= 0.6 is 15.9 Å². The van der Waals surface area contributed by atoms with Crippen LogP contribution in [-0.2, 0) is 10.0 Å². The summed E-state index contributed by atoms with van der Waals surface area (Å²) in [6, 6.07) is 3.78. The summed E-state index contributed by atoms with van der Waals surface area (Å²) in [7, 11) is -3.65. The predicted molar refractivity (Wildman–Crippen MR) is 78.6 cm³/mol. The van der Waals surface area contributed by atoms with Crippen LogP contribution in [0.2, 0.25) is 0 Å². The molecule has 0 atom stereocenters. The number of benzene rings is 1. The molecule has 1 aliphatic rings. The van der Waals surface area contributed by atoms with Gasteiger partial charge in [0.25, 0.3) is 0 Å². The number of sulfonamides is 1. The summed E-state index contributed by atoms with van der Waals surface area (Å²) in [5, 5.41) is 3.23. The van der Waals surface area contributed by atoms with Gasteiger partial charge in [-0.1, -0.05) is 0 Å². The number of rotatable bonds is 5. The van der Waals surface area contributed by atoms with Gasteiger partial charge in [0.1, 0.15) is 5.82 Å². The Morgan fingerprint density at radius 3 is 2.70 bits per heavy atom. The van der Waals surface area contributed by atoms with E-state index in [-0.39, 0.29) is 9.37 Å². The zero-order valence-electron chi connectivity index (χ0n) is 10.9. The highest BCUT2D eigenvalue weighted by Gasteiger charge is 2.16. The molecule has 2 N–H and O–H groups in total. The second-order valence-electron chi connectivity index (χ2n) is 4.57. The summed E-state index contributed by atoms with van der Waals surface area (Å²) >= 11 is 3.00. The molecule has 0 unspecified atom stereocenters. The fourth-order valence-electron chi connectivity index (χ4n) is 2.00. The van der Waals surface area contributed by atoms with Gasteiger partial charge in [0.2, 0.25) is 10.0 Å². The van der Waals surface area contributed by atoms with Gasteiger partial charge in [0.05, 0.1) is 9.37 Å². The molecule has 0 spiro atoms. The molecule has 5 nitrogen and oxygen atoms in total. The summed E-state index contributed by atoms with van der Waals surface area (Å²) in [5.41, 5.74) is 0. The Morgan fingerprint density at radius 1 is 1.35 bits per heavy atom. The average Bonchev–Trinajstić information content (AvgIpc) is 2.43. The maximum absolute atomic E-state index is 13.4. The molecule has 1 heterocycles. The second kappa shape index (κ2) is 6.95. The van der Waals surface area contributed by atoms with Crippen LogP contribution in [0, 0.1) is 5.82 Å². The van der Waals surface area contributed by atoms with Crippen LogP contribution in [-0.4, -0.2) is 52.6 Å². The van der Waals surface area contributed by atoms with E-state index >= 15 is 0 Å². The molecule has 8 heteroatoms. The zero-order valence-corrected chi connectivity index (χ0v) is 13.3. The van der Waals surface area contributed by atoms with Crippen LogP contribution in [0.4, 0.5) is 4.39 Å². The van der Waals surface area contributed by atoms with Crippen molar-refractivity contribution in [3.63, 3.8) is 0 Å². The summed E-state index contributed by atoms with van der Waals surface area (Å²) in [4.78, 5) is 2.12. The van der Waals surface area contributed by atoms with Gasteiger partial charge in [0.15, 0.2) is 0 Å². The molecule has 0 aromatic heterocycles. The van der Waals surface area contributed by atoms with Gasteiger partial charge < -0.3 is 5.32 Å². The number of piperazine rings is 1. The minimum atomic E-state index is -3.65. The summed E-state index contributed by atoms with van der Waals surface area (Å²) in [5.74, 6) is -0.588. The maximum Gasteiger partial charge on any atom is 0.240 e. The SMILES string of the molecule is O=S(=O)(NCCN1CCNCC1)c1ccc(Br)c(F)c1. The Kier molecular flexibility index (Phi) is 5.50. The standard InChI is InChI=1S/C12H17BrFN3O2S/c13-11-2-1-10(9-12(11)14)20(18,19)16-5-8-17-6-3-15-4-7-17/h1-2,9,15-16H,3-8H2. The third-order valence-corrected chi connectivity index (χ3v) is 5.23. The highest BCUT2D eigenvalue weighted by Crippen LogP contribution is 2.19. The lowest BCUT2D eigenvalue weighted by Gasteiger charge is -2.27. The van der Waals surface area contributed by atoms with Gasteiger partial charge in [-0.25, -0.2) is 17.5 Å². The number of nitrogens with one attached hydrogen (secondary N) is 2. The Balaban J connectivity index is 1.91. The monoisotopic (exact) mass is 365 g/mol. The van der Waals surface area contributed by atoms with E-state index in [2.05, 4.69) is 30.9 Å². The number of hydrogen-bond acceptors (Lipinski definition) is 4. The zero-order chi connectivity index (χ0) is 14.6. The van der Waals surface area contributed by atoms with Crippen molar-refractivity contribution in [3.05, 3.63) is 28.5 Å². The van der Waals surface area contributed by atoms with Crippen LogP contribution in [0.5, 0.6) is 0 Å². The second-order valence-corrected chi connectivity index (χ2v) is 7.19. The molecule has 0 amide bonds. The molecule has 0 saturated carbocycles. The average molecular weight is 366 g/mol. The van der Waals surface area contributed by atoms with Crippen molar-refractivity contribution in [3.8, 4) is 0 Å². The topological polar surface area (TPSA) is 61.4 Å². The van der Waals surface area contributed by atoms with Crippen LogP contribution in [0.1, 0.15) is 0 Å². The smallest absolute Gasteiger partial charge is 0.240 e. The molecule has 1 aromatic carbocycles. The third kappa shape index (κ3) is 4.23. The molecule has 20 heavy (non-hydrogen) atoms. The first-order valence-corrected chi connectivity index (χ1v) is 8.64. The lowest BCUT2D eigenvalue weighted by atomic mass is 10.3. The molecule has 1 aromatic rings. The van der Waals surface area contributed by atoms with E-state index in [1.807, 2.05) is 0 Å². The summed E-state index contributed by atoms with van der Waals surface area (Å²) in [6.07, 6.45) is 0. The first-order valence-electron chi connectivity index (χ1n) is 6.37. The van der Waals surface area contributed by atoms with E-state index in [1.54, 1.807) is 0 Å². The van der Waals surface area contributed by atoms with Crippen molar-refractivity contribution >= 4 is 26.0 Å². The molecule has 2 rings (SSSR count). The largest absolute Gasteiger partial charge is 0.314 e. The van der Waals surface area contributed by atoms with E-state index in [1.165, 1.54) is 12.1 Å². The van der Waals surface area contributed by atoms with E-state index < -0.39 is 15.8 Å². The highest BCUT2D eigenvalue weighted by atomic mass is 79.9. The van der Waals surface area contributed by atoms with E-state index in [4.69, 9.17) is 0 Å². The molecule has 1 saturated heterocycles. The van der Waals surface area contributed by atoms with Crippen molar-refractivity contribution in [2.75, 3.05) is 39.3 Å². The lowest BCUT2D eigenvalue weighted by Crippen LogP contribution is -2.46. The first-order chi connectivity index (χ1) is 9.49. The fraction of sp³-hybridized carbons (Fsp3) is 0.500. The van der Waals surface area contributed by atoms with Gasteiger partial charge in [-0.3, -0.25) is 4.90 Å². The quantitative estimate of drug-likeness (QED) is 0.808. The lowest BCUT2D eigenvalue weighted by molar-refractivity contribution is 0.245. The fourth-order valence-corrected chi connectivity index (χ4v) is 3.28. The van der Waals surface area contributed by atoms with Crippen molar-refractivity contribution in [2.24, 2.45) is 0 Å². The molecular formula is C12H17BrFN3O2S. The first kappa shape index (κ1) is 15.8. The predicted octanol–water partition coefficient (Wildman–Crippen LogP) is 0.772. The highest BCUT2D eigenvalue weighted by molar-refractivity contribution is 9.10. The van der Waals surface area contributed by atoms with Crippen molar-refractivity contribution in [1.29, 1.82) is 0 Å². The Hall–Kier alpha value is -0.540. The molecule has 1 fully saturated rings. The molecule has 112 valence electrons. The molecule has 1 aliphatic heterocycles. The molecular weight excluding hydrogens is 349 g/mol. The van der Waals surface area contributed by atoms with Crippen LogP contribution in [0.3, 0.4) is 0 Å². The van der Waals surface area contributed by atoms with Crippen molar-refractivity contribution < 1.29 is 12.8 Å². The summed E-state index contributed by atoms with van der Waals surface area (Å²) in [6.45, 7) is 4.64. The Morgan fingerprint density at radius 2 is 2.05 bits per heavy atom. The molecule has 0 aliphatic carbocycles. The van der Waals surface area contributed by atoms with E-state index in [0.29, 0.717) is 13.1 Å². The van der Waals surface area contributed by atoms with Gasteiger partial charge in [0, 0.05) is 39.3 Å². The van der Waals surface area contributed by atoms with Gasteiger partial charge in [-0.15, -0.1) is 0 Å². The normalized spacial score (nSPS) is 17.3. The Labute approximate surface area is 126 Å². The van der Waals surface area contributed by atoms with Crippen LogP contribution in [0.15, 0.2) is 27.6 Å². The van der Waals surface area contributed by atoms with E-state index in [0.717, 1.165) is 32.2 Å². The Bertz CT molecular complexity index is 562. The molecule has 0 radical (unpaired) electrons. The van der Waals surface area contributed by atoms with Gasteiger partial charge in [-0.05, 0) is 34.1 Å². The minimum absolute atomic E-state index is 0.0569. The minimum Gasteiger partial charge on any atom is -0.314 e. The number of hydrogen-bond donors (Lipinski definition) is 2. The maximum atomic E-state index is 13.4. The van der Waals surface area contributed by atoms with Gasteiger partial charge in [-0.2, -0.15) is 0 Å². The molecule has 0 bridgehead atoms. The van der Waals surface area contributed by atoms with Gasteiger partial charge >= 0.3 is 0 Å². The van der Waals surface area contributed by atoms with Crippen LogP contribution < -0.4 is 10.0 Å². The number of nitrogens with zero attached hydrogens (tertiary/aromatic N) is 1. The summed E-state index contributed by atoms with van der Waals surface area (Å²) < 4.78 is 40.1.